The first kappa shape index (κ1) is 13.7. The van der Waals surface area contributed by atoms with E-state index in [2.05, 4.69) is 18.7 Å². The molecule has 0 aliphatic carbocycles. The molecule has 19 heavy (non-hydrogen) atoms. The van der Waals surface area contributed by atoms with Crippen molar-refractivity contribution in [2.75, 3.05) is 25.0 Å². The fourth-order valence-electron chi connectivity index (χ4n) is 2.51. The third-order valence-electron chi connectivity index (χ3n) is 3.83. The number of hydrogen-bond donors (Lipinski definition) is 0. The number of piperazine rings is 1. The molecular weight excluding hydrogens is 249 g/mol. The van der Waals surface area contributed by atoms with Crippen LogP contribution in [0, 0.1) is 15.9 Å². The summed E-state index contributed by atoms with van der Waals surface area (Å²) >= 11 is 0. The number of nitro groups is 1. The minimum absolute atomic E-state index is 0.0367. The second kappa shape index (κ2) is 5.13. The first-order chi connectivity index (χ1) is 8.90. The fraction of sp³-hybridized carbons (Fsp3) is 0.538. The molecule has 0 N–H and O–H groups in total. The van der Waals surface area contributed by atoms with Crippen molar-refractivity contribution in [3.63, 3.8) is 0 Å². The van der Waals surface area contributed by atoms with Gasteiger partial charge in [0.1, 0.15) is 11.5 Å². The normalized spacial score (nSPS) is 24.5. The Morgan fingerprint density at radius 1 is 1.32 bits per heavy atom. The first-order valence-corrected chi connectivity index (χ1v) is 6.31. The molecule has 1 fully saturated rings. The number of nitrogens with zero attached hydrogens (tertiary/aromatic N) is 3. The molecule has 104 valence electrons. The number of anilines is 1. The van der Waals surface area contributed by atoms with Crippen LogP contribution in [0.1, 0.15) is 13.8 Å². The highest BCUT2D eigenvalue weighted by atomic mass is 19.1. The minimum Gasteiger partial charge on any atom is -0.363 e. The molecular formula is C13H18FN3O2. The largest absolute Gasteiger partial charge is 0.363 e. The van der Waals surface area contributed by atoms with Gasteiger partial charge in [-0.25, -0.2) is 4.39 Å². The molecule has 0 spiro atoms. The lowest BCUT2D eigenvalue weighted by Crippen LogP contribution is -2.55. The van der Waals surface area contributed by atoms with Gasteiger partial charge in [-0.3, -0.25) is 15.0 Å². The summed E-state index contributed by atoms with van der Waals surface area (Å²) in [6.45, 7) is 5.44. The number of hydrogen-bond acceptors (Lipinski definition) is 4. The fourth-order valence-corrected chi connectivity index (χ4v) is 2.51. The van der Waals surface area contributed by atoms with E-state index in [1.54, 1.807) is 0 Å². The number of nitro benzene ring substituents is 1. The van der Waals surface area contributed by atoms with Crippen LogP contribution in [0.25, 0.3) is 0 Å². The van der Waals surface area contributed by atoms with Gasteiger partial charge in [-0.05, 0) is 27.0 Å². The zero-order valence-electron chi connectivity index (χ0n) is 11.3. The Bertz CT molecular complexity index is 483. The Morgan fingerprint density at radius 3 is 2.42 bits per heavy atom. The Morgan fingerprint density at radius 2 is 1.89 bits per heavy atom. The molecule has 1 aromatic rings. The van der Waals surface area contributed by atoms with Gasteiger partial charge in [0.2, 0.25) is 0 Å². The van der Waals surface area contributed by atoms with Gasteiger partial charge < -0.3 is 4.90 Å². The molecule has 0 bridgehead atoms. The quantitative estimate of drug-likeness (QED) is 0.609. The van der Waals surface area contributed by atoms with E-state index in [-0.39, 0.29) is 17.8 Å². The molecule has 0 unspecified atom stereocenters. The van der Waals surface area contributed by atoms with Gasteiger partial charge in [0, 0.05) is 37.3 Å². The number of halogens is 1. The molecule has 6 heteroatoms. The monoisotopic (exact) mass is 267 g/mol. The van der Waals surface area contributed by atoms with Crippen molar-refractivity contribution < 1.29 is 9.31 Å². The van der Waals surface area contributed by atoms with Crippen LogP contribution in [-0.4, -0.2) is 42.0 Å². The Balaban J connectivity index is 2.36. The van der Waals surface area contributed by atoms with E-state index in [4.69, 9.17) is 0 Å². The lowest BCUT2D eigenvalue weighted by atomic mass is 10.1. The van der Waals surface area contributed by atoms with Crippen molar-refractivity contribution in [3.8, 4) is 0 Å². The van der Waals surface area contributed by atoms with E-state index in [0.29, 0.717) is 18.8 Å². The van der Waals surface area contributed by atoms with Crippen molar-refractivity contribution in [1.82, 2.24) is 4.90 Å². The maximum atomic E-state index is 13.4. The average molecular weight is 267 g/mol. The van der Waals surface area contributed by atoms with E-state index in [1.807, 2.05) is 11.9 Å². The smallest absolute Gasteiger partial charge is 0.292 e. The third-order valence-corrected chi connectivity index (χ3v) is 3.83. The molecule has 1 aliphatic rings. The molecule has 0 aromatic heterocycles. The Kier molecular flexibility index (Phi) is 3.71. The zero-order valence-corrected chi connectivity index (χ0v) is 11.3. The van der Waals surface area contributed by atoms with Crippen LogP contribution in [0.3, 0.4) is 0 Å². The summed E-state index contributed by atoms with van der Waals surface area (Å²) in [6.07, 6.45) is 0. The maximum Gasteiger partial charge on any atom is 0.292 e. The Hall–Kier alpha value is -1.69. The molecule has 0 saturated carbocycles. The summed E-state index contributed by atoms with van der Waals surface area (Å²) < 4.78 is 13.4. The van der Waals surface area contributed by atoms with Gasteiger partial charge in [0.15, 0.2) is 0 Å². The van der Waals surface area contributed by atoms with Gasteiger partial charge in [-0.1, -0.05) is 0 Å². The highest BCUT2D eigenvalue weighted by Gasteiger charge is 2.30. The molecule has 2 atom stereocenters. The summed E-state index contributed by atoms with van der Waals surface area (Å²) in [6, 6.07) is 4.16. The van der Waals surface area contributed by atoms with Gasteiger partial charge >= 0.3 is 0 Å². The summed E-state index contributed by atoms with van der Waals surface area (Å²) in [5, 5.41) is 11.0. The van der Waals surface area contributed by atoms with Crippen molar-refractivity contribution in [2.45, 2.75) is 25.9 Å². The van der Waals surface area contributed by atoms with E-state index in [1.165, 1.54) is 12.1 Å². The summed E-state index contributed by atoms with van der Waals surface area (Å²) in [7, 11) is 2.03. The first-order valence-electron chi connectivity index (χ1n) is 6.31. The second-order valence-corrected chi connectivity index (χ2v) is 5.16. The lowest BCUT2D eigenvalue weighted by Gasteiger charge is -2.43. The molecule has 0 radical (unpaired) electrons. The zero-order chi connectivity index (χ0) is 14.2. The van der Waals surface area contributed by atoms with Crippen LogP contribution >= 0.6 is 0 Å². The molecule has 2 rings (SSSR count). The topological polar surface area (TPSA) is 49.6 Å². The SMILES string of the molecule is C[C@@H]1CN(c2cc(F)ccc2[N+](=O)[O-])C[C@H](C)N1C. The summed E-state index contributed by atoms with van der Waals surface area (Å²) in [5.74, 6) is -0.445. The number of rotatable bonds is 2. The number of benzene rings is 1. The highest BCUT2D eigenvalue weighted by Crippen LogP contribution is 2.31. The van der Waals surface area contributed by atoms with Crippen molar-refractivity contribution in [2.24, 2.45) is 0 Å². The molecule has 1 saturated heterocycles. The summed E-state index contributed by atoms with van der Waals surface area (Å²) in [5.41, 5.74) is 0.335. The Labute approximate surface area is 111 Å². The standard InChI is InChI=1S/C13H18FN3O2/c1-9-7-16(8-10(2)15(9)3)13-6-11(14)4-5-12(13)17(18)19/h4-6,9-10H,7-8H2,1-3H3/t9-,10+. The lowest BCUT2D eigenvalue weighted by molar-refractivity contribution is -0.384. The van der Waals surface area contributed by atoms with E-state index >= 15 is 0 Å². The third kappa shape index (κ3) is 2.68. The second-order valence-electron chi connectivity index (χ2n) is 5.16. The van der Waals surface area contributed by atoms with Crippen LogP contribution in [0.4, 0.5) is 15.8 Å². The molecule has 5 nitrogen and oxygen atoms in total. The average Bonchev–Trinajstić information content (AvgIpc) is 2.34. The van der Waals surface area contributed by atoms with Gasteiger partial charge in [-0.2, -0.15) is 0 Å². The van der Waals surface area contributed by atoms with Gasteiger partial charge in [0.25, 0.3) is 5.69 Å². The molecule has 1 aliphatic heterocycles. The van der Waals surface area contributed by atoms with Gasteiger partial charge in [-0.15, -0.1) is 0 Å². The van der Waals surface area contributed by atoms with Crippen LogP contribution in [0.15, 0.2) is 18.2 Å². The highest BCUT2D eigenvalue weighted by molar-refractivity contribution is 5.63. The van der Waals surface area contributed by atoms with Crippen molar-refractivity contribution in [3.05, 3.63) is 34.1 Å². The van der Waals surface area contributed by atoms with Gasteiger partial charge in [0.05, 0.1) is 4.92 Å². The van der Waals surface area contributed by atoms with Crippen LogP contribution in [0.5, 0.6) is 0 Å². The minimum atomic E-state index is -0.456. The van der Waals surface area contributed by atoms with E-state index in [9.17, 15) is 14.5 Å². The molecule has 1 aromatic carbocycles. The van der Waals surface area contributed by atoms with Crippen LogP contribution in [-0.2, 0) is 0 Å². The predicted octanol–water partition coefficient (Wildman–Crippen LogP) is 2.26. The van der Waals surface area contributed by atoms with Crippen molar-refractivity contribution in [1.29, 1.82) is 0 Å². The van der Waals surface area contributed by atoms with E-state index in [0.717, 1.165) is 6.07 Å². The summed E-state index contributed by atoms with van der Waals surface area (Å²) in [4.78, 5) is 14.7. The molecule has 1 heterocycles. The number of likely N-dealkylation sites (N-methyl/N-ethyl adjacent to an activating group) is 1. The molecule has 0 amide bonds. The maximum absolute atomic E-state index is 13.4. The van der Waals surface area contributed by atoms with Crippen LogP contribution < -0.4 is 4.90 Å². The van der Waals surface area contributed by atoms with Crippen molar-refractivity contribution >= 4 is 11.4 Å². The predicted molar refractivity (Wildman–Crippen MR) is 72.0 cm³/mol. The van der Waals surface area contributed by atoms with Crippen LogP contribution in [0.2, 0.25) is 0 Å². The van der Waals surface area contributed by atoms with E-state index < -0.39 is 10.7 Å².